The first kappa shape index (κ1) is 13.2. The molecule has 0 saturated carbocycles. The Balaban J connectivity index is 2.19. The summed E-state index contributed by atoms with van der Waals surface area (Å²) in [6.07, 6.45) is 1.59. The molecule has 0 aromatic carbocycles. The molecule has 1 saturated heterocycles. The lowest BCUT2D eigenvalue weighted by molar-refractivity contribution is -0.113. The maximum absolute atomic E-state index is 12.0. The zero-order valence-corrected chi connectivity index (χ0v) is 11.6. The van der Waals surface area contributed by atoms with E-state index in [0.717, 1.165) is 18.3 Å². The topological polar surface area (TPSA) is 77.6 Å². The molecule has 6 nitrogen and oxygen atoms in total. The molecule has 18 heavy (non-hydrogen) atoms. The summed E-state index contributed by atoms with van der Waals surface area (Å²) in [4.78, 5) is 22.3. The summed E-state index contributed by atoms with van der Waals surface area (Å²) in [5.41, 5.74) is 0.568. The highest BCUT2D eigenvalue weighted by atomic mass is 33.1. The molecule has 0 aliphatic carbocycles. The molecule has 1 N–H and O–H groups in total. The number of oxime groups is 1. The number of amidine groups is 2. The van der Waals surface area contributed by atoms with Gasteiger partial charge in [0.1, 0.15) is 0 Å². The third-order valence-electron chi connectivity index (χ3n) is 2.48. The Labute approximate surface area is 112 Å². The SMILES string of the molecule is C/C=C(C(=O)N=C1SSC2=NCCN21)/C(C)=N\O. The van der Waals surface area contributed by atoms with E-state index in [2.05, 4.69) is 15.1 Å². The van der Waals surface area contributed by atoms with Crippen molar-refractivity contribution in [2.75, 3.05) is 13.1 Å². The van der Waals surface area contributed by atoms with Gasteiger partial charge in [-0.1, -0.05) is 11.2 Å². The van der Waals surface area contributed by atoms with Crippen molar-refractivity contribution in [1.29, 1.82) is 0 Å². The van der Waals surface area contributed by atoms with Crippen molar-refractivity contribution < 1.29 is 10.0 Å². The summed E-state index contributed by atoms with van der Waals surface area (Å²) in [6.45, 7) is 4.78. The molecular weight excluding hydrogens is 272 g/mol. The Morgan fingerprint density at radius 2 is 2.33 bits per heavy atom. The van der Waals surface area contributed by atoms with Crippen molar-refractivity contribution in [3.05, 3.63) is 11.6 Å². The summed E-state index contributed by atoms with van der Waals surface area (Å²) in [6, 6.07) is 0. The quantitative estimate of drug-likeness (QED) is 0.275. The molecule has 2 aliphatic rings. The van der Waals surface area contributed by atoms with Crippen LogP contribution in [0.15, 0.2) is 26.8 Å². The number of nitrogens with zero attached hydrogens (tertiary/aromatic N) is 4. The van der Waals surface area contributed by atoms with Crippen molar-refractivity contribution >= 4 is 43.5 Å². The minimum Gasteiger partial charge on any atom is -0.411 e. The lowest BCUT2D eigenvalue weighted by Gasteiger charge is -2.09. The van der Waals surface area contributed by atoms with E-state index in [1.165, 1.54) is 21.6 Å². The van der Waals surface area contributed by atoms with Gasteiger partial charge in [-0.05, 0) is 35.4 Å². The minimum absolute atomic E-state index is 0.262. The van der Waals surface area contributed by atoms with E-state index in [4.69, 9.17) is 5.21 Å². The Morgan fingerprint density at radius 1 is 1.56 bits per heavy atom. The van der Waals surface area contributed by atoms with Crippen LogP contribution in [0.4, 0.5) is 0 Å². The van der Waals surface area contributed by atoms with Crippen LogP contribution >= 0.6 is 21.6 Å². The van der Waals surface area contributed by atoms with Gasteiger partial charge in [0.2, 0.25) is 0 Å². The monoisotopic (exact) mass is 284 g/mol. The molecule has 0 aromatic heterocycles. The zero-order valence-electron chi connectivity index (χ0n) is 9.95. The first-order valence-corrected chi connectivity index (χ1v) is 7.47. The molecule has 0 bridgehead atoms. The lowest BCUT2D eigenvalue weighted by atomic mass is 10.1. The van der Waals surface area contributed by atoms with Gasteiger partial charge in [-0.25, -0.2) is 0 Å². The summed E-state index contributed by atoms with van der Waals surface area (Å²) >= 11 is 0. The van der Waals surface area contributed by atoms with Gasteiger partial charge < -0.3 is 5.21 Å². The molecule has 2 heterocycles. The largest absolute Gasteiger partial charge is 0.411 e. The number of hydrogen-bond donors (Lipinski definition) is 1. The van der Waals surface area contributed by atoms with Crippen LogP contribution in [-0.2, 0) is 4.79 Å². The predicted molar refractivity (Wildman–Crippen MR) is 75.3 cm³/mol. The van der Waals surface area contributed by atoms with Gasteiger partial charge in [0.25, 0.3) is 5.91 Å². The van der Waals surface area contributed by atoms with Crippen LogP contribution in [0, 0.1) is 0 Å². The van der Waals surface area contributed by atoms with E-state index >= 15 is 0 Å². The average molecular weight is 284 g/mol. The van der Waals surface area contributed by atoms with Crippen LogP contribution < -0.4 is 0 Å². The molecule has 2 rings (SSSR count). The number of allylic oxidation sites excluding steroid dienone is 1. The molecule has 2 aliphatic heterocycles. The van der Waals surface area contributed by atoms with Crippen LogP contribution in [0.25, 0.3) is 0 Å². The fourth-order valence-corrected chi connectivity index (χ4v) is 3.83. The standard InChI is InChI=1S/C10H12N4O2S2/c1-3-7(6(2)13-16)8(15)12-10-14-5-4-11-9(14)17-18-10/h3,16H,4-5H2,1-2H3/b7-3-,12-10?,13-6-. The van der Waals surface area contributed by atoms with Gasteiger partial charge in [-0.15, -0.1) is 0 Å². The molecule has 8 heteroatoms. The summed E-state index contributed by atoms with van der Waals surface area (Å²) in [5, 5.41) is 13.3. The van der Waals surface area contributed by atoms with Gasteiger partial charge in [0.15, 0.2) is 10.3 Å². The van der Waals surface area contributed by atoms with Gasteiger partial charge in [0.05, 0.1) is 17.8 Å². The van der Waals surface area contributed by atoms with Crippen molar-refractivity contribution in [3.8, 4) is 0 Å². The average Bonchev–Trinajstić information content (AvgIpc) is 2.94. The Hall–Kier alpha value is -1.28. The van der Waals surface area contributed by atoms with Crippen LogP contribution in [0.3, 0.4) is 0 Å². The smallest absolute Gasteiger partial charge is 0.281 e. The highest BCUT2D eigenvalue weighted by Gasteiger charge is 2.31. The van der Waals surface area contributed by atoms with E-state index in [0.29, 0.717) is 10.7 Å². The van der Waals surface area contributed by atoms with E-state index < -0.39 is 5.91 Å². The molecule has 1 amide bonds. The third kappa shape index (κ3) is 2.44. The molecule has 0 spiro atoms. The Kier molecular flexibility index (Phi) is 4.07. The summed E-state index contributed by atoms with van der Waals surface area (Å²) in [7, 11) is 2.93. The predicted octanol–water partition coefficient (Wildman–Crippen LogP) is 1.73. The Morgan fingerprint density at radius 3 is 3.00 bits per heavy atom. The van der Waals surface area contributed by atoms with E-state index in [1.807, 2.05) is 4.90 Å². The number of carbonyl (C=O) groups excluding carboxylic acids is 1. The van der Waals surface area contributed by atoms with E-state index in [9.17, 15) is 4.79 Å². The summed E-state index contributed by atoms with van der Waals surface area (Å²) < 4.78 is 0. The minimum atomic E-state index is -0.399. The molecule has 1 fully saturated rings. The normalized spacial score (nSPS) is 22.4. The Bertz CT molecular complexity index is 496. The number of rotatable bonds is 2. The number of hydrogen-bond acceptors (Lipinski definition) is 6. The van der Waals surface area contributed by atoms with Gasteiger partial charge >= 0.3 is 0 Å². The molecule has 96 valence electrons. The van der Waals surface area contributed by atoms with E-state index in [1.54, 1.807) is 19.9 Å². The van der Waals surface area contributed by atoms with Crippen LogP contribution in [0.2, 0.25) is 0 Å². The van der Waals surface area contributed by atoms with Crippen molar-refractivity contribution in [2.45, 2.75) is 13.8 Å². The maximum Gasteiger partial charge on any atom is 0.281 e. The van der Waals surface area contributed by atoms with Crippen molar-refractivity contribution in [2.24, 2.45) is 15.1 Å². The zero-order chi connectivity index (χ0) is 13.1. The number of fused-ring (bicyclic) bond motifs is 1. The first-order chi connectivity index (χ1) is 8.67. The van der Waals surface area contributed by atoms with Gasteiger partial charge in [0, 0.05) is 6.54 Å². The second kappa shape index (κ2) is 5.57. The molecule has 0 unspecified atom stereocenters. The summed E-state index contributed by atoms with van der Waals surface area (Å²) in [5.74, 6) is -0.399. The van der Waals surface area contributed by atoms with Crippen LogP contribution in [0.1, 0.15) is 13.8 Å². The molecule has 0 aromatic rings. The van der Waals surface area contributed by atoms with Gasteiger partial charge in [-0.3, -0.25) is 14.7 Å². The van der Waals surface area contributed by atoms with Crippen molar-refractivity contribution in [1.82, 2.24) is 4.90 Å². The number of aliphatic imine (C=N–C) groups is 2. The maximum atomic E-state index is 12.0. The molecule has 0 radical (unpaired) electrons. The second-order valence-corrected chi connectivity index (χ2v) is 5.63. The molecular formula is C10H12N4O2S2. The van der Waals surface area contributed by atoms with Gasteiger partial charge in [-0.2, -0.15) is 4.99 Å². The first-order valence-electron chi connectivity index (χ1n) is 5.32. The van der Waals surface area contributed by atoms with Crippen molar-refractivity contribution in [3.63, 3.8) is 0 Å². The highest BCUT2D eigenvalue weighted by molar-refractivity contribution is 8.88. The number of amides is 1. The highest BCUT2D eigenvalue weighted by Crippen LogP contribution is 2.38. The molecule has 0 atom stereocenters. The second-order valence-electron chi connectivity index (χ2n) is 3.57. The van der Waals surface area contributed by atoms with Crippen LogP contribution in [-0.4, -0.2) is 45.2 Å². The van der Waals surface area contributed by atoms with E-state index in [-0.39, 0.29) is 5.71 Å². The fourth-order valence-electron chi connectivity index (χ4n) is 1.56. The van der Waals surface area contributed by atoms with Crippen LogP contribution in [0.5, 0.6) is 0 Å². The third-order valence-corrected chi connectivity index (χ3v) is 4.67. The lowest BCUT2D eigenvalue weighted by Crippen LogP contribution is -2.26. The fraction of sp³-hybridized carbons (Fsp3) is 0.400. The number of carbonyl (C=O) groups is 1.